The zero-order valence-corrected chi connectivity index (χ0v) is 12.6. The summed E-state index contributed by atoms with van der Waals surface area (Å²) in [6.07, 6.45) is 0. The van der Waals surface area contributed by atoms with Crippen molar-refractivity contribution in [3.63, 3.8) is 0 Å². The number of aromatic nitrogens is 2. The first-order valence-corrected chi connectivity index (χ1v) is 6.67. The number of aryl methyl sites for hydroxylation is 2. The first-order chi connectivity index (χ1) is 8.96. The van der Waals surface area contributed by atoms with Gasteiger partial charge in [-0.15, -0.1) is 0 Å². The van der Waals surface area contributed by atoms with Crippen LogP contribution in [0.15, 0.2) is 0 Å². The van der Waals surface area contributed by atoms with Gasteiger partial charge in [-0.1, -0.05) is 0 Å². The molecule has 0 bridgehead atoms. The Morgan fingerprint density at radius 3 is 2.42 bits per heavy atom. The Morgan fingerprint density at radius 2 is 1.95 bits per heavy atom. The minimum Gasteiger partial charge on any atom is -0.350 e. The number of anilines is 1. The summed E-state index contributed by atoms with van der Waals surface area (Å²) in [6.45, 7) is 8.15. The molecule has 0 aliphatic heterocycles. The molecule has 108 valence electrons. The third kappa shape index (κ3) is 3.26. The van der Waals surface area contributed by atoms with Gasteiger partial charge in [0.2, 0.25) is 5.91 Å². The lowest BCUT2D eigenvalue weighted by molar-refractivity contribution is -0.129. The normalized spacial score (nSPS) is 10.6. The van der Waals surface area contributed by atoms with E-state index in [1.807, 2.05) is 44.7 Å². The SMILES string of the molecule is CCN(CC)C(=O)CN(C)c1c(CN)c(C)nn1C. The molecular weight excluding hydrogens is 242 g/mol. The maximum Gasteiger partial charge on any atom is 0.242 e. The van der Waals surface area contributed by atoms with Crippen LogP contribution in [0.4, 0.5) is 5.82 Å². The predicted octanol–water partition coefficient (Wildman–Crippen LogP) is 0.492. The molecule has 6 heteroatoms. The highest BCUT2D eigenvalue weighted by Gasteiger charge is 2.19. The first kappa shape index (κ1) is 15.5. The molecule has 1 aromatic rings. The van der Waals surface area contributed by atoms with Gasteiger partial charge in [0.15, 0.2) is 0 Å². The van der Waals surface area contributed by atoms with Gasteiger partial charge in [0.25, 0.3) is 0 Å². The summed E-state index contributed by atoms with van der Waals surface area (Å²) in [6, 6.07) is 0. The zero-order valence-electron chi connectivity index (χ0n) is 12.6. The van der Waals surface area contributed by atoms with Gasteiger partial charge in [0, 0.05) is 39.3 Å². The Kier molecular flexibility index (Phi) is 5.35. The molecule has 0 spiro atoms. The number of hydrogen-bond acceptors (Lipinski definition) is 4. The summed E-state index contributed by atoms with van der Waals surface area (Å²) in [5, 5.41) is 4.37. The van der Waals surface area contributed by atoms with Gasteiger partial charge in [0.1, 0.15) is 5.82 Å². The molecule has 6 nitrogen and oxygen atoms in total. The highest BCUT2D eigenvalue weighted by Crippen LogP contribution is 2.21. The Bertz CT molecular complexity index is 436. The van der Waals surface area contributed by atoms with Crippen LogP contribution in [-0.4, -0.2) is 47.3 Å². The van der Waals surface area contributed by atoms with Crippen LogP contribution in [-0.2, 0) is 18.4 Å². The summed E-state index contributed by atoms with van der Waals surface area (Å²) in [7, 11) is 3.77. The standard InChI is InChI=1S/C13H25N5O/c1-6-18(7-2)12(19)9-16(4)13-11(8-14)10(3)15-17(13)5/h6-9,14H2,1-5H3. The van der Waals surface area contributed by atoms with Crippen molar-refractivity contribution in [2.45, 2.75) is 27.3 Å². The fourth-order valence-electron chi connectivity index (χ4n) is 2.36. The van der Waals surface area contributed by atoms with Crippen molar-refractivity contribution >= 4 is 11.7 Å². The van der Waals surface area contributed by atoms with E-state index >= 15 is 0 Å². The van der Waals surface area contributed by atoms with Crippen molar-refractivity contribution in [1.29, 1.82) is 0 Å². The van der Waals surface area contributed by atoms with Gasteiger partial charge < -0.3 is 15.5 Å². The van der Waals surface area contributed by atoms with Gasteiger partial charge >= 0.3 is 0 Å². The molecule has 0 aliphatic carbocycles. The van der Waals surface area contributed by atoms with Crippen LogP contribution in [0.5, 0.6) is 0 Å². The van der Waals surface area contributed by atoms with Crippen LogP contribution in [0.2, 0.25) is 0 Å². The maximum atomic E-state index is 12.1. The average Bonchev–Trinajstić information content (AvgIpc) is 2.64. The molecule has 2 N–H and O–H groups in total. The lowest BCUT2D eigenvalue weighted by atomic mass is 10.2. The number of nitrogens with zero attached hydrogens (tertiary/aromatic N) is 4. The van der Waals surface area contributed by atoms with Crippen LogP contribution in [0.25, 0.3) is 0 Å². The summed E-state index contributed by atoms with van der Waals surface area (Å²) in [5.74, 6) is 1.04. The third-order valence-corrected chi connectivity index (χ3v) is 3.37. The monoisotopic (exact) mass is 267 g/mol. The van der Waals surface area contributed by atoms with Crippen molar-refractivity contribution in [3.8, 4) is 0 Å². The van der Waals surface area contributed by atoms with Crippen LogP contribution >= 0.6 is 0 Å². The Labute approximate surface area is 115 Å². The van der Waals surface area contributed by atoms with E-state index in [4.69, 9.17) is 5.73 Å². The quantitative estimate of drug-likeness (QED) is 0.814. The van der Waals surface area contributed by atoms with E-state index in [0.717, 1.165) is 30.2 Å². The lowest BCUT2D eigenvalue weighted by Gasteiger charge is -2.25. The molecule has 1 heterocycles. The number of carbonyl (C=O) groups is 1. The smallest absolute Gasteiger partial charge is 0.242 e. The Morgan fingerprint density at radius 1 is 1.37 bits per heavy atom. The van der Waals surface area contributed by atoms with Gasteiger partial charge in [-0.2, -0.15) is 5.10 Å². The van der Waals surface area contributed by atoms with E-state index in [1.54, 1.807) is 4.68 Å². The molecular formula is C13H25N5O. The Hall–Kier alpha value is -1.56. The molecule has 19 heavy (non-hydrogen) atoms. The summed E-state index contributed by atoms with van der Waals surface area (Å²) in [4.78, 5) is 15.9. The van der Waals surface area contributed by atoms with Crippen molar-refractivity contribution < 1.29 is 4.79 Å². The average molecular weight is 267 g/mol. The summed E-state index contributed by atoms with van der Waals surface area (Å²) in [5.41, 5.74) is 7.69. The predicted molar refractivity (Wildman–Crippen MR) is 77.0 cm³/mol. The highest BCUT2D eigenvalue weighted by molar-refractivity contribution is 5.81. The first-order valence-electron chi connectivity index (χ1n) is 6.67. The van der Waals surface area contributed by atoms with Crippen molar-refractivity contribution in [2.24, 2.45) is 12.8 Å². The number of carbonyl (C=O) groups excluding carboxylic acids is 1. The molecule has 1 amide bonds. The summed E-state index contributed by atoms with van der Waals surface area (Å²) < 4.78 is 1.78. The number of amides is 1. The second-order valence-electron chi connectivity index (χ2n) is 4.64. The molecule has 0 atom stereocenters. The van der Waals surface area contributed by atoms with E-state index in [2.05, 4.69) is 5.10 Å². The summed E-state index contributed by atoms with van der Waals surface area (Å²) >= 11 is 0. The molecule has 0 aromatic carbocycles. The van der Waals surface area contributed by atoms with E-state index in [1.165, 1.54) is 0 Å². The molecule has 1 rings (SSSR count). The van der Waals surface area contributed by atoms with Crippen molar-refractivity contribution in [1.82, 2.24) is 14.7 Å². The molecule has 0 saturated heterocycles. The molecule has 0 radical (unpaired) electrons. The van der Waals surface area contributed by atoms with E-state index in [0.29, 0.717) is 13.1 Å². The van der Waals surface area contributed by atoms with Crippen LogP contribution < -0.4 is 10.6 Å². The Balaban J connectivity index is 2.89. The van der Waals surface area contributed by atoms with E-state index in [-0.39, 0.29) is 5.91 Å². The van der Waals surface area contributed by atoms with Gasteiger partial charge in [-0.05, 0) is 20.8 Å². The minimum atomic E-state index is 0.120. The van der Waals surface area contributed by atoms with Crippen molar-refractivity contribution in [3.05, 3.63) is 11.3 Å². The second-order valence-corrected chi connectivity index (χ2v) is 4.64. The van der Waals surface area contributed by atoms with E-state index < -0.39 is 0 Å². The fourth-order valence-corrected chi connectivity index (χ4v) is 2.36. The van der Waals surface area contributed by atoms with Crippen molar-refractivity contribution in [2.75, 3.05) is 31.6 Å². The lowest BCUT2D eigenvalue weighted by Crippen LogP contribution is -2.39. The van der Waals surface area contributed by atoms with Gasteiger partial charge in [-0.25, -0.2) is 0 Å². The molecule has 1 aromatic heterocycles. The second kappa shape index (κ2) is 6.56. The van der Waals surface area contributed by atoms with Crippen LogP contribution in [0.1, 0.15) is 25.1 Å². The fraction of sp³-hybridized carbons (Fsp3) is 0.692. The number of rotatable bonds is 6. The molecule has 0 aliphatic rings. The zero-order chi connectivity index (χ0) is 14.6. The number of hydrogen-bond donors (Lipinski definition) is 1. The van der Waals surface area contributed by atoms with Gasteiger partial charge in [0.05, 0.1) is 12.2 Å². The third-order valence-electron chi connectivity index (χ3n) is 3.37. The minimum absolute atomic E-state index is 0.120. The number of likely N-dealkylation sites (N-methyl/N-ethyl adjacent to an activating group) is 2. The van der Waals surface area contributed by atoms with Gasteiger partial charge in [-0.3, -0.25) is 9.48 Å². The van der Waals surface area contributed by atoms with Crippen LogP contribution in [0, 0.1) is 6.92 Å². The maximum absolute atomic E-state index is 12.1. The molecule has 0 saturated carbocycles. The highest BCUT2D eigenvalue weighted by atomic mass is 16.2. The molecule has 0 fully saturated rings. The topological polar surface area (TPSA) is 67.4 Å². The number of nitrogens with two attached hydrogens (primary N) is 1. The largest absolute Gasteiger partial charge is 0.350 e. The molecule has 0 unspecified atom stereocenters. The van der Waals surface area contributed by atoms with Crippen LogP contribution in [0.3, 0.4) is 0 Å². The van der Waals surface area contributed by atoms with E-state index in [9.17, 15) is 4.79 Å².